The van der Waals surface area contributed by atoms with Crippen LogP contribution in [0.5, 0.6) is 0 Å². The predicted octanol–water partition coefficient (Wildman–Crippen LogP) is 2.24. The summed E-state index contributed by atoms with van der Waals surface area (Å²) in [6.07, 6.45) is 0.916. The summed E-state index contributed by atoms with van der Waals surface area (Å²) in [4.78, 5) is 40.0. The Morgan fingerprint density at radius 1 is 1.00 bits per heavy atom. The Kier molecular flexibility index (Phi) is 7.41. The number of carboxylic acids is 1. The van der Waals surface area contributed by atoms with Crippen molar-refractivity contribution in [1.29, 1.82) is 0 Å². The van der Waals surface area contributed by atoms with Gasteiger partial charge in [0.25, 0.3) is 0 Å². The molecule has 0 saturated carbocycles. The first-order chi connectivity index (χ1) is 18.4. The largest absolute Gasteiger partial charge is 0.480 e. The molecule has 0 radical (unpaired) electrons. The van der Waals surface area contributed by atoms with E-state index in [9.17, 15) is 14.7 Å². The third kappa shape index (κ3) is 5.86. The minimum absolute atomic E-state index is 0.223. The number of nitrogens with zero attached hydrogens (tertiary/aromatic N) is 5. The van der Waals surface area contributed by atoms with Crippen LogP contribution >= 0.6 is 0 Å². The predicted molar refractivity (Wildman–Crippen MR) is 146 cm³/mol. The first-order valence-corrected chi connectivity index (χ1v) is 12.9. The molecule has 10 nitrogen and oxygen atoms in total. The third-order valence-corrected chi connectivity index (χ3v) is 7.24. The van der Waals surface area contributed by atoms with Gasteiger partial charge in [-0.1, -0.05) is 42.5 Å². The minimum Gasteiger partial charge on any atom is -0.480 e. The topological polar surface area (TPSA) is 128 Å². The number of nitrogens with one attached hydrogen (secondary N) is 1. The van der Waals surface area contributed by atoms with Crippen LogP contribution in [0.3, 0.4) is 0 Å². The molecule has 10 heteroatoms. The molecule has 1 aromatic heterocycles. The van der Waals surface area contributed by atoms with E-state index in [2.05, 4.69) is 38.2 Å². The maximum absolute atomic E-state index is 13.1. The number of carbonyl (C=O) groups is 2. The highest BCUT2D eigenvalue weighted by molar-refractivity contribution is 5.83. The first kappa shape index (κ1) is 25.5. The molecule has 2 aromatic carbocycles. The van der Waals surface area contributed by atoms with Gasteiger partial charge in [-0.25, -0.2) is 14.6 Å². The number of nitrogens with two attached hydrogens (primary N) is 1. The fourth-order valence-corrected chi connectivity index (χ4v) is 4.98. The molecule has 198 valence electrons. The third-order valence-electron chi connectivity index (χ3n) is 7.24. The van der Waals surface area contributed by atoms with Crippen LogP contribution in [-0.4, -0.2) is 82.7 Å². The Morgan fingerprint density at radius 3 is 2.50 bits per heavy atom. The second-order valence-corrected chi connectivity index (χ2v) is 9.94. The van der Waals surface area contributed by atoms with E-state index < -0.39 is 12.0 Å². The number of likely N-dealkylation sites (N-methyl/N-ethyl adjacent to an activating group) is 1. The van der Waals surface area contributed by atoms with Crippen LogP contribution in [-0.2, 0) is 24.2 Å². The quantitative estimate of drug-likeness (QED) is 0.456. The lowest BCUT2D eigenvalue weighted by Crippen LogP contribution is -2.50. The number of nitrogen functional groups attached to an aromatic ring is 1. The van der Waals surface area contributed by atoms with Crippen LogP contribution in [0.2, 0.25) is 0 Å². The molecule has 2 amide bonds. The molecule has 0 unspecified atom stereocenters. The lowest BCUT2D eigenvalue weighted by molar-refractivity contribution is -0.139. The van der Waals surface area contributed by atoms with Gasteiger partial charge in [0.2, 0.25) is 5.95 Å². The van der Waals surface area contributed by atoms with Gasteiger partial charge in [0, 0.05) is 57.3 Å². The number of carbonyl (C=O) groups excluding carboxylic acids is 1. The first-order valence-electron chi connectivity index (χ1n) is 12.9. The number of hydrogen-bond donors (Lipinski definition) is 3. The average molecular weight is 516 g/mol. The number of aromatic nitrogens is 2. The van der Waals surface area contributed by atoms with E-state index in [0.29, 0.717) is 19.5 Å². The van der Waals surface area contributed by atoms with Gasteiger partial charge in [-0.05, 0) is 36.2 Å². The Labute approximate surface area is 222 Å². The summed E-state index contributed by atoms with van der Waals surface area (Å²) in [6, 6.07) is 16.0. The summed E-state index contributed by atoms with van der Waals surface area (Å²) in [6.45, 7) is 4.58. The maximum Gasteiger partial charge on any atom is 0.326 e. The van der Waals surface area contributed by atoms with E-state index in [1.807, 2.05) is 48.5 Å². The number of carboxylic acid groups (broad SMARTS) is 1. The zero-order valence-corrected chi connectivity index (χ0v) is 21.5. The second kappa shape index (κ2) is 11.1. The average Bonchev–Trinajstić information content (AvgIpc) is 2.92. The van der Waals surface area contributed by atoms with Crippen molar-refractivity contribution < 1.29 is 14.7 Å². The highest BCUT2D eigenvalue weighted by atomic mass is 16.4. The van der Waals surface area contributed by atoms with Gasteiger partial charge < -0.3 is 30.9 Å². The maximum atomic E-state index is 13.1. The number of amides is 2. The number of rotatable bonds is 6. The molecule has 0 aliphatic carbocycles. The lowest BCUT2D eigenvalue weighted by atomic mass is 9.96. The zero-order valence-electron chi connectivity index (χ0n) is 21.5. The van der Waals surface area contributed by atoms with E-state index >= 15 is 0 Å². The van der Waals surface area contributed by atoms with E-state index in [1.165, 1.54) is 0 Å². The van der Waals surface area contributed by atoms with E-state index in [4.69, 9.17) is 5.73 Å². The van der Waals surface area contributed by atoms with Crippen LogP contribution in [0.25, 0.3) is 11.3 Å². The summed E-state index contributed by atoms with van der Waals surface area (Å²) >= 11 is 0. The van der Waals surface area contributed by atoms with E-state index in [1.54, 1.807) is 4.90 Å². The van der Waals surface area contributed by atoms with Crippen molar-refractivity contribution in [3.63, 3.8) is 0 Å². The van der Waals surface area contributed by atoms with Gasteiger partial charge in [-0.2, -0.15) is 4.98 Å². The van der Waals surface area contributed by atoms with Crippen molar-refractivity contribution >= 4 is 23.8 Å². The number of aliphatic carboxylic acids is 1. The van der Waals surface area contributed by atoms with Crippen LogP contribution in [0.15, 0.2) is 54.6 Å². The second-order valence-electron chi connectivity index (χ2n) is 9.94. The van der Waals surface area contributed by atoms with Crippen LogP contribution in [0, 0.1) is 0 Å². The highest BCUT2D eigenvalue weighted by Gasteiger charge is 2.26. The Hall–Kier alpha value is -4.18. The summed E-state index contributed by atoms with van der Waals surface area (Å²) in [5.41, 5.74) is 10.8. The zero-order chi connectivity index (χ0) is 26.6. The minimum atomic E-state index is -1.06. The summed E-state index contributed by atoms with van der Waals surface area (Å²) in [5, 5.41) is 12.4. The number of piperazine rings is 1. The lowest BCUT2D eigenvalue weighted by Gasteiger charge is -2.33. The SMILES string of the molecule is CN1CCN(c2cc(-c3ccc4c(c3)CN(C(=O)N[C@@H](Cc3ccccc3)C(=O)O)CC4)nc(N)n2)CC1. The standard InChI is InChI=1S/C28H33N7O3/c1-33-11-13-34(14-12-33)25-17-23(30-27(29)32-25)21-8-7-20-9-10-35(18-22(20)16-21)28(38)31-24(26(36)37)15-19-5-3-2-4-6-19/h2-8,16-17,24H,9-15,18H2,1H3,(H,31,38)(H,36,37)(H2,29,30,32)/t24-/m0/s1. The Morgan fingerprint density at radius 2 is 1.76 bits per heavy atom. The van der Waals surface area contributed by atoms with Gasteiger partial charge in [0.15, 0.2) is 0 Å². The number of anilines is 2. The number of hydrogen-bond acceptors (Lipinski definition) is 7. The molecule has 4 N–H and O–H groups in total. The van der Waals surface area contributed by atoms with Crippen LogP contribution < -0.4 is 16.0 Å². The molecule has 0 spiro atoms. The molecule has 1 fully saturated rings. The molecule has 1 saturated heterocycles. The van der Waals surface area contributed by atoms with Gasteiger partial charge >= 0.3 is 12.0 Å². The number of fused-ring (bicyclic) bond motifs is 1. The van der Waals surface area contributed by atoms with Crippen LogP contribution in [0.4, 0.5) is 16.6 Å². The highest BCUT2D eigenvalue weighted by Crippen LogP contribution is 2.28. The normalized spacial score (nSPS) is 16.6. The summed E-state index contributed by atoms with van der Waals surface area (Å²) < 4.78 is 0. The fourth-order valence-electron chi connectivity index (χ4n) is 4.98. The number of urea groups is 1. The van der Waals surface area contributed by atoms with Crippen molar-refractivity contribution in [3.05, 3.63) is 71.3 Å². The Bertz CT molecular complexity index is 1310. The van der Waals surface area contributed by atoms with Crippen molar-refractivity contribution in [1.82, 2.24) is 25.1 Å². The molecule has 38 heavy (non-hydrogen) atoms. The summed E-state index contributed by atoms with van der Waals surface area (Å²) in [5.74, 6) is -0.00913. The van der Waals surface area contributed by atoms with Gasteiger partial charge in [-0.3, -0.25) is 0 Å². The molecule has 3 aromatic rings. The smallest absolute Gasteiger partial charge is 0.326 e. The van der Waals surface area contributed by atoms with Gasteiger partial charge in [0.1, 0.15) is 11.9 Å². The van der Waals surface area contributed by atoms with Gasteiger partial charge in [-0.15, -0.1) is 0 Å². The molecule has 2 aliphatic heterocycles. The van der Waals surface area contributed by atoms with Crippen molar-refractivity contribution in [2.75, 3.05) is 50.4 Å². The molecular weight excluding hydrogens is 482 g/mol. The van der Waals surface area contributed by atoms with Gasteiger partial charge in [0.05, 0.1) is 5.69 Å². The van der Waals surface area contributed by atoms with Crippen LogP contribution in [0.1, 0.15) is 16.7 Å². The van der Waals surface area contributed by atoms with Crippen molar-refractivity contribution in [2.24, 2.45) is 0 Å². The molecule has 3 heterocycles. The molecular formula is C28H33N7O3. The van der Waals surface area contributed by atoms with Crippen molar-refractivity contribution in [3.8, 4) is 11.3 Å². The molecule has 5 rings (SSSR count). The Balaban J connectivity index is 1.31. The number of benzene rings is 2. The van der Waals surface area contributed by atoms with Crippen molar-refractivity contribution in [2.45, 2.75) is 25.4 Å². The molecule has 0 bridgehead atoms. The molecule has 1 atom stereocenters. The van der Waals surface area contributed by atoms with E-state index in [-0.39, 0.29) is 18.4 Å². The molecule has 2 aliphatic rings. The fraction of sp³-hybridized carbons (Fsp3) is 0.357. The summed E-state index contributed by atoms with van der Waals surface area (Å²) in [7, 11) is 2.11. The van der Waals surface area contributed by atoms with E-state index in [0.717, 1.165) is 59.9 Å². The monoisotopic (exact) mass is 515 g/mol.